The third kappa shape index (κ3) is 3.47. The Hall–Kier alpha value is -0.580. The van der Waals surface area contributed by atoms with Crippen LogP contribution in [0, 0.1) is 6.92 Å². The average molecular weight is 262 g/mol. The van der Waals surface area contributed by atoms with Gasteiger partial charge in [-0.2, -0.15) is 0 Å². The first-order chi connectivity index (χ1) is 7.33. The standard InChI is InChI=1S/C11H16ClNO2S/c1-8(2)13-7-16(14,15)10-4-5-11(12)9(3)6-10/h4-6,8,13H,7H2,1-3H3. The number of aryl methyl sites for hydroxylation is 1. The second-order valence-corrected chi connectivity index (χ2v) is 6.43. The van der Waals surface area contributed by atoms with E-state index >= 15 is 0 Å². The molecule has 16 heavy (non-hydrogen) atoms. The van der Waals surface area contributed by atoms with E-state index in [1.165, 1.54) is 6.07 Å². The summed E-state index contributed by atoms with van der Waals surface area (Å²) < 4.78 is 23.8. The number of nitrogens with one attached hydrogen (secondary N) is 1. The van der Waals surface area contributed by atoms with Crippen LogP contribution in [0.1, 0.15) is 19.4 Å². The Morgan fingerprint density at radius 3 is 2.50 bits per heavy atom. The fourth-order valence-electron chi connectivity index (χ4n) is 1.17. The molecule has 0 aliphatic heterocycles. The van der Waals surface area contributed by atoms with E-state index in [0.717, 1.165) is 5.56 Å². The molecule has 1 N–H and O–H groups in total. The quantitative estimate of drug-likeness (QED) is 0.905. The normalized spacial score (nSPS) is 12.1. The number of hydrogen-bond acceptors (Lipinski definition) is 3. The highest BCUT2D eigenvalue weighted by Crippen LogP contribution is 2.19. The minimum absolute atomic E-state index is 0.0499. The highest BCUT2D eigenvalue weighted by molar-refractivity contribution is 7.91. The summed E-state index contributed by atoms with van der Waals surface area (Å²) in [7, 11) is -3.26. The molecule has 0 fully saturated rings. The Morgan fingerprint density at radius 2 is 2.00 bits per heavy atom. The maximum atomic E-state index is 11.9. The van der Waals surface area contributed by atoms with Crippen molar-refractivity contribution in [3.05, 3.63) is 28.8 Å². The summed E-state index contributed by atoms with van der Waals surface area (Å²) in [5.74, 6) is -0.0499. The summed E-state index contributed by atoms with van der Waals surface area (Å²) >= 11 is 5.85. The molecule has 0 amide bonds. The molecule has 0 aromatic heterocycles. The summed E-state index contributed by atoms with van der Waals surface area (Å²) in [6.45, 7) is 5.60. The van der Waals surface area contributed by atoms with E-state index in [1.54, 1.807) is 19.1 Å². The zero-order valence-electron chi connectivity index (χ0n) is 9.62. The van der Waals surface area contributed by atoms with Crippen molar-refractivity contribution < 1.29 is 8.42 Å². The van der Waals surface area contributed by atoms with Crippen molar-refractivity contribution in [2.24, 2.45) is 0 Å². The van der Waals surface area contributed by atoms with Gasteiger partial charge in [0, 0.05) is 11.1 Å². The summed E-state index contributed by atoms with van der Waals surface area (Å²) in [4.78, 5) is 0.308. The van der Waals surface area contributed by atoms with Crippen molar-refractivity contribution in [1.82, 2.24) is 5.32 Å². The van der Waals surface area contributed by atoms with E-state index < -0.39 is 9.84 Å². The molecule has 1 aromatic rings. The minimum Gasteiger partial charge on any atom is -0.301 e. The van der Waals surface area contributed by atoms with E-state index in [0.29, 0.717) is 9.92 Å². The average Bonchev–Trinajstić information content (AvgIpc) is 2.19. The summed E-state index contributed by atoms with van der Waals surface area (Å²) in [5.41, 5.74) is 0.771. The van der Waals surface area contributed by atoms with Gasteiger partial charge in [-0.05, 0) is 44.5 Å². The van der Waals surface area contributed by atoms with Crippen LogP contribution in [0.15, 0.2) is 23.1 Å². The molecule has 0 saturated heterocycles. The molecule has 0 saturated carbocycles. The fraction of sp³-hybridized carbons (Fsp3) is 0.455. The SMILES string of the molecule is Cc1cc(S(=O)(=O)CNC(C)C)ccc1Cl. The van der Waals surface area contributed by atoms with Crippen LogP contribution in [0.25, 0.3) is 0 Å². The van der Waals surface area contributed by atoms with Crippen LogP contribution in [-0.2, 0) is 9.84 Å². The molecule has 1 rings (SSSR count). The summed E-state index contributed by atoms with van der Waals surface area (Å²) in [6.07, 6.45) is 0. The Kier molecular flexibility index (Phi) is 4.35. The van der Waals surface area contributed by atoms with Gasteiger partial charge in [0.1, 0.15) is 5.88 Å². The van der Waals surface area contributed by atoms with Crippen LogP contribution in [-0.4, -0.2) is 20.3 Å². The minimum atomic E-state index is -3.26. The zero-order valence-corrected chi connectivity index (χ0v) is 11.2. The van der Waals surface area contributed by atoms with Gasteiger partial charge in [-0.15, -0.1) is 0 Å². The van der Waals surface area contributed by atoms with Gasteiger partial charge in [-0.25, -0.2) is 8.42 Å². The van der Waals surface area contributed by atoms with Gasteiger partial charge < -0.3 is 5.32 Å². The van der Waals surface area contributed by atoms with Gasteiger partial charge in [-0.3, -0.25) is 0 Å². The van der Waals surface area contributed by atoms with Gasteiger partial charge in [0.05, 0.1) is 4.90 Å². The lowest BCUT2D eigenvalue weighted by atomic mass is 10.2. The molecular weight excluding hydrogens is 246 g/mol. The number of rotatable bonds is 4. The highest BCUT2D eigenvalue weighted by atomic mass is 35.5. The van der Waals surface area contributed by atoms with Gasteiger partial charge >= 0.3 is 0 Å². The zero-order chi connectivity index (χ0) is 12.3. The first-order valence-corrected chi connectivity index (χ1v) is 7.08. The van der Waals surface area contributed by atoms with Crippen LogP contribution in [0.2, 0.25) is 5.02 Å². The van der Waals surface area contributed by atoms with Crippen molar-refractivity contribution in [2.75, 3.05) is 5.88 Å². The number of benzene rings is 1. The molecule has 0 radical (unpaired) electrons. The molecule has 3 nitrogen and oxygen atoms in total. The van der Waals surface area contributed by atoms with Crippen molar-refractivity contribution in [3.8, 4) is 0 Å². The van der Waals surface area contributed by atoms with Gasteiger partial charge in [-0.1, -0.05) is 11.6 Å². The third-order valence-corrected chi connectivity index (χ3v) is 4.11. The topological polar surface area (TPSA) is 46.2 Å². The lowest BCUT2D eigenvalue weighted by Crippen LogP contribution is -2.29. The molecule has 0 heterocycles. The van der Waals surface area contributed by atoms with Crippen LogP contribution in [0.5, 0.6) is 0 Å². The Morgan fingerprint density at radius 1 is 1.38 bits per heavy atom. The molecule has 0 spiro atoms. The first kappa shape index (κ1) is 13.5. The Bertz CT molecular complexity index is 469. The van der Waals surface area contributed by atoms with E-state index in [9.17, 15) is 8.42 Å². The fourth-order valence-corrected chi connectivity index (χ4v) is 2.64. The molecule has 0 unspecified atom stereocenters. The van der Waals surface area contributed by atoms with Crippen LogP contribution < -0.4 is 5.32 Å². The molecule has 0 aliphatic rings. The smallest absolute Gasteiger partial charge is 0.191 e. The first-order valence-electron chi connectivity index (χ1n) is 5.05. The lowest BCUT2D eigenvalue weighted by Gasteiger charge is -2.10. The van der Waals surface area contributed by atoms with Gasteiger partial charge in [0.15, 0.2) is 9.84 Å². The predicted octanol–water partition coefficient (Wildman–Crippen LogP) is 2.38. The van der Waals surface area contributed by atoms with E-state index in [-0.39, 0.29) is 11.9 Å². The molecular formula is C11H16ClNO2S. The van der Waals surface area contributed by atoms with Crippen molar-refractivity contribution >= 4 is 21.4 Å². The predicted molar refractivity (Wildman–Crippen MR) is 66.5 cm³/mol. The van der Waals surface area contributed by atoms with E-state index in [2.05, 4.69) is 5.32 Å². The van der Waals surface area contributed by atoms with Crippen molar-refractivity contribution in [3.63, 3.8) is 0 Å². The monoisotopic (exact) mass is 261 g/mol. The number of halogens is 1. The van der Waals surface area contributed by atoms with Crippen LogP contribution >= 0.6 is 11.6 Å². The summed E-state index contributed by atoms with van der Waals surface area (Å²) in [6, 6.07) is 4.88. The van der Waals surface area contributed by atoms with Gasteiger partial charge in [0.2, 0.25) is 0 Å². The summed E-state index contributed by atoms with van der Waals surface area (Å²) in [5, 5.41) is 3.48. The molecule has 0 atom stereocenters. The molecule has 0 aliphatic carbocycles. The van der Waals surface area contributed by atoms with E-state index in [1.807, 2.05) is 13.8 Å². The highest BCUT2D eigenvalue weighted by Gasteiger charge is 2.15. The van der Waals surface area contributed by atoms with Crippen molar-refractivity contribution in [1.29, 1.82) is 0 Å². The third-order valence-electron chi connectivity index (χ3n) is 2.17. The number of sulfone groups is 1. The molecule has 1 aromatic carbocycles. The maximum Gasteiger partial charge on any atom is 0.191 e. The van der Waals surface area contributed by atoms with Gasteiger partial charge in [0.25, 0.3) is 0 Å². The maximum absolute atomic E-state index is 11.9. The molecule has 5 heteroatoms. The second-order valence-electron chi connectivity index (χ2n) is 4.03. The molecule has 90 valence electrons. The Balaban J connectivity index is 2.94. The van der Waals surface area contributed by atoms with Crippen molar-refractivity contribution in [2.45, 2.75) is 31.7 Å². The van der Waals surface area contributed by atoms with E-state index in [4.69, 9.17) is 11.6 Å². The van der Waals surface area contributed by atoms with Crippen LogP contribution in [0.3, 0.4) is 0 Å². The number of hydrogen-bond donors (Lipinski definition) is 1. The van der Waals surface area contributed by atoms with Crippen LogP contribution in [0.4, 0.5) is 0 Å². The lowest BCUT2D eigenvalue weighted by molar-refractivity contribution is 0.573. The molecule has 0 bridgehead atoms. The Labute approximate surface area is 102 Å². The largest absolute Gasteiger partial charge is 0.301 e. The second kappa shape index (κ2) is 5.17.